The molecule has 110 valence electrons. The first-order valence-corrected chi connectivity index (χ1v) is 7.12. The molecule has 1 heterocycles. The second-order valence-corrected chi connectivity index (χ2v) is 5.86. The second-order valence-electron chi connectivity index (χ2n) is 5.86. The van der Waals surface area contributed by atoms with E-state index in [2.05, 4.69) is 4.90 Å². The van der Waals surface area contributed by atoms with Crippen LogP contribution in [0.15, 0.2) is 24.3 Å². The molecular weight excluding hydrogens is 254 g/mol. The Labute approximate surface area is 120 Å². The van der Waals surface area contributed by atoms with Crippen LogP contribution in [0.4, 0.5) is 5.69 Å². The fourth-order valence-corrected chi connectivity index (χ4v) is 2.75. The fraction of sp³-hybridized carbons (Fsp3) is 0.562. The van der Waals surface area contributed by atoms with E-state index in [0.717, 1.165) is 11.3 Å². The van der Waals surface area contributed by atoms with Gasteiger partial charge in [-0.1, -0.05) is 19.1 Å². The predicted octanol–water partition coefficient (Wildman–Crippen LogP) is 2.26. The summed E-state index contributed by atoms with van der Waals surface area (Å²) in [5, 5.41) is 9.39. The molecule has 20 heavy (non-hydrogen) atoms. The summed E-state index contributed by atoms with van der Waals surface area (Å²) in [6.07, 6.45) is 0.275. The highest BCUT2D eigenvalue weighted by molar-refractivity contribution is 6.01. The van der Waals surface area contributed by atoms with Crippen molar-refractivity contribution in [1.29, 1.82) is 0 Å². The number of nitrogens with zero attached hydrogens (tertiary/aromatic N) is 1. The number of Topliss-reactive ketones (excluding diaryl/α,β-unsaturated/α-hetero) is 1. The second kappa shape index (κ2) is 5.94. The summed E-state index contributed by atoms with van der Waals surface area (Å²) in [5.41, 5.74) is 1.35. The molecule has 1 aliphatic heterocycles. The lowest BCUT2D eigenvalue weighted by molar-refractivity contribution is -0.101. The maximum absolute atomic E-state index is 12.1. The van der Waals surface area contributed by atoms with Crippen LogP contribution in [0.3, 0.4) is 0 Å². The maximum atomic E-state index is 12.1. The largest absolute Gasteiger partial charge is 0.394 e. The monoisotopic (exact) mass is 277 g/mol. The van der Waals surface area contributed by atoms with Gasteiger partial charge in [-0.3, -0.25) is 4.79 Å². The van der Waals surface area contributed by atoms with Gasteiger partial charge in [0.2, 0.25) is 0 Å². The van der Waals surface area contributed by atoms with E-state index in [1.54, 1.807) is 0 Å². The molecule has 0 aromatic heterocycles. The Bertz CT molecular complexity index is 484. The standard InChI is InChI=1S/C16H23NO3/c1-4-15(19)13-7-5-6-8-14(13)17-9-12(10-18)20-16(2,3)11-17/h5-8,12,18H,4,9-11H2,1-3H3. The summed E-state index contributed by atoms with van der Waals surface area (Å²) in [5.74, 6) is 0.144. The number of anilines is 1. The van der Waals surface area contributed by atoms with Crippen LogP contribution in [-0.2, 0) is 4.74 Å². The lowest BCUT2D eigenvalue weighted by atomic mass is 10.0. The molecule has 1 atom stereocenters. The quantitative estimate of drug-likeness (QED) is 0.858. The Hall–Kier alpha value is -1.39. The molecule has 1 fully saturated rings. The zero-order valence-corrected chi connectivity index (χ0v) is 12.4. The molecule has 1 aliphatic rings. The number of ether oxygens (including phenoxy) is 1. The van der Waals surface area contributed by atoms with Gasteiger partial charge in [0.25, 0.3) is 0 Å². The number of carbonyl (C=O) groups excluding carboxylic acids is 1. The number of aliphatic hydroxyl groups is 1. The first kappa shape index (κ1) is 15.0. The van der Waals surface area contributed by atoms with Crippen LogP contribution in [0, 0.1) is 0 Å². The average molecular weight is 277 g/mol. The normalized spacial score (nSPS) is 21.8. The lowest BCUT2D eigenvalue weighted by Gasteiger charge is -2.43. The van der Waals surface area contributed by atoms with Crippen LogP contribution in [0.1, 0.15) is 37.6 Å². The summed E-state index contributed by atoms with van der Waals surface area (Å²) in [6.45, 7) is 7.19. The zero-order chi connectivity index (χ0) is 14.8. The molecule has 0 radical (unpaired) electrons. The number of benzene rings is 1. The Morgan fingerprint density at radius 1 is 1.45 bits per heavy atom. The third-order valence-corrected chi connectivity index (χ3v) is 3.55. The summed E-state index contributed by atoms with van der Waals surface area (Å²) in [4.78, 5) is 14.2. The number of rotatable bonds is 4. The number of ketones is 1. The van der Waals surface area contributed by atoms with E-state index < -0.39 is 0 Å². The highest BCUT2D eigenvalue weighted by Gasteiger charge is 2.34. The van der Waals surface area contributed by atoms with Crippen molar-refractivity contribution in [3.63, 3.8) is 0 Å². The van der Waals surface area contributed by atoms with E-state index >= 15 is 0 Å². The van der Waals surface area contributed by atoms with Gasteiger partial charge in [0.1, 0.15) is 0 Å². The molecule has 0 aliphatic carbocycles. The zero-order valence-electron chi connectivity index (χ0n) is 12.4. The van der Waals surface area contributed by atoms with Crippen molar-refractivity contribution < 1.29 is 14.6 Å². The summed E-state index contributed by atoms with van der Waals surface area (Å²) in [7, 11) is 0. The van der Waals surface area contributed by atoms with Crippen LogP contribution in [0.5, 0.6) is 0 Å². The predicted molar refractivity (Wildman–Crippen MR) is 79.3 cm³/mol. The van der Waals surface area contributed by atoms with Crippen LogP contribution in [-0.4, -0.2) is 42.3 Å². The first-order chi connectivity index (χ1) is 9.46. The first-order valence-electron chi connectivity index (χ1n) is 7.12. The molecule has 1 saturated heterocycles. The summed E-state index contributed by atoms with van der Waals surface area (Å²) < 4.78 is 5.82. The minimum Gasteiger partial charge on any atom is -0.394 e. The fourth-order valence-electron chi connectivity index (χ4n) is 2.75. The lowest BCUT2D eigenvalue weighted by Crippen LogP contribution is -2.54. The van der Waals surface area contributed by atoms with Crippen molar-refractivity contribution in [2.45, 2.75) is 38.9 Å². The van der Waals surface area contributed by atoms with E-state index in [1.165, 1.54) is 0 Å². The van der Waals surface area contributed by atoms with Crippen molar-refractivity contribution >= 4 is 11.5 Å². The summed E-state index contributed by atoms with van der Waals surface area (Å²) in [6, 6.07) is 7.68. The Balaban J connectivity index is 2.33. The van der Waals surface area contributed by atoms with Gasteiger partial charge in [-0.05, 0) is 26.0 Å². The smallest absolute Gasteiger partial charge is 0.164 e. The van der Waals surface area contributed by atoms with Crippen molar-refractivity contribution in [2.24, 2.45) is 0 Å². The van der Waals surface area contributed by atoms with Gasteiger partial charge in [0, 0.05) is 30.8 Å². The molecule has 1 aromatic carbocycles. The highest BCUT2D eigenvalue weighted by atomic mass is 16.5. The molecule has 0 amide bonds. The Kier molecular flexibility index (Phi) is 4.45. The van der Waals surface area contributed by atoms with Crippen LogP contribution < -0.4 is 4.90 Å². The van der Waals surface area contributed by atoms with Gasteiger partial charge >= 0.3 is 0 Å². The number of morpholine rings is 1. The molecule has 1 N–H and O–H groups in total. The van der Waals surface area contributed by atoms with Crippen LogP contribution in [0.25, 0.3) is 0 Å². The van der Waals surface area contributed by atoms with Gasteiger partial charge in [-0.2, -0.15) is 0 Å². The van der Waals surface area contributed by atoms with Gasteiger partial charge in [-0.25, -0.2) is 0 Å². The molecule has 0 saturated carbocycles. The molecular formula is C16H23NO3. The average Bonchev–Trinajstić information content (AvgIpc) is 2.44. The molecule has 1 unspecified atom stereocenters. The van der Waals surface area contributed by atoms with E-state index in [0.29, 0.717) is 19.5 Å². The third kappa shape index (κ3) is 3.19. The number of hydrogen-bond donors (Lipinski definition) is 1. The van der Waals surface area contributed by atoms with E-state index in [-0.39, 0.29) is 24.1 Å². The molecule has 0 spiro atoms. The third-order valence-electron chi connectivity index (χ3n) is 3.55. The summed E-state index contributed by atoms with van der Waals surface area (Å²) >= 11 is 0. The Morgan fingerprint density at radius 3 is 2.80 bits per heavy atom. The van der Waals surface area contributed by atoms with Crippen molar-refractivity contribution in [3.05, 3.63) is 29.8 Å². The topological polar surface area (TPSA) is 49.8 Å². The minimum atomic E-state index is -0.339. The van der Waals surface area contributed by atoms with Gasteiger partial charge < -0.3 is 14.7 Å². The van der Waals surface area contributed by atoms with Crippen LogP contribution in [0.2, 0.25) is 0 Å². The number of aliphatic hydroxyl groups excluding tert-OH is 1. The maximum Gasteiger partial charge on any atom is 0.164 e. The molecule has 4 nitrogen and oxygen atoms in total. The van der Waals surface area contributed by atoms with Crippen molar-refractivity contribution in [1.82, 2.24) is 0 Å². The van der Waals surface area contributed by atoms with E-state index in [9.17, 15) is 9.90 Å². The minimum absolute atomic E-state index is 0.0101. The Morgan fingerprint density at radius 2 is 2.15 bits per heavy atom. The van der Waals surface area contributed by atoms with Gasteiger partial charge in [-0.15, -0.1) is 0 Å². The molecule has 2 rings (SSSR count). The van der Waals surface area contributed by atoms with E-state index in [1.807, 2.05) is 45.0 Å². The van der Waals surface area contributed by atoms with Crippen molar-refractivity contribution in [3.8, 4) is 0 Å². The molecule has 4 heteroatoms. The SMILES string of the molecule is CCC(=O)c1ccccc1N1CC(CO)OC(C)(C)C1. The highest BCUT2D eigenvalue weighted by Crippen LogP contribution is 2.29. The van der Waals surface area contributed by atoms with Gasteiger partial charge in [0.05, 0.1) is 18.3 Å². The molecule has 1 aromatic rings. The van der Waals surface area contributed by atoms with E-state index in [4.69, 9.17) is 4.74 Å². The molecule has 0 bridgehead atoms. The van der Waals surface area contributed by atoms with Gasteiger partial charge in [0.15, 0.2) is 5.78 Å². The van der Waals surface area contributed by atoms with Crippen molar-refractivity contribution in [2.75, 3.05) is 24.6 Å². The number of carbonyl (C=O) groups is 1. The number of para-hydroxylation sites is 1. The number of hydrogen-bond acceptors (Lipinski definition) is 4. The van der Waals surface area contributed by atoms with Crippen LogP contribution >= 0.6 is 0 Å².